The molecule has 2 atom stereocenters. The van der Waals surface area contributed by atoms with Gasteiger partial charge >= 0.3 is 5.97 Å². The predicted molar refractivity (Wildman–Crippen MR) is 154 cm³/mol. The van der Waals surface area contributed by atoms with E-state index in [4.69, 9.17) is 0 Å². The van der Waals surface area contributed by atoms with Crippen LogP contribution in [-0.4, -0.2) is 39.4 Å². The summed E-state index contributed by atoms with van der Waals surface area (Å²) in [6.07, 6.45) is 13.6. The number of hydrogen-bond donors (Lipinski definition) is 1. The number of aliphatic carboxylic acids is 1. The highest BCUT2D eigenvalue weighted by molar-refractivity contribution is 8.77. The maximum Gasteiger partial charge on any atom is 0.306 e. The number of hydrogen-bond acceptors (Lipinski definition) is 6. The Hall–Kier alpha value is 0.540. The van der Waals surface area contributed by atoms with Gasteiger partial charge in [0.05, 0.1) is 5.92 Å². The van der Waals surface area contributed by atoms with Gasteiger partial charge in [-0.1, -0.05) is 103 Å². The maximum atomic E-state index is 12.6. The van der Waals surface area contributed by atoms with E-state index in [0.29, 0.717) is 37.9 Å². The van der Waals surface area contributed by atoms with E-state index in [-0.39, 0.29) is 11.3 Å². The first-order chi connectivity index (χ1) is 15.7. The largest absolute Gasteiger partial charge is 0.481 e. The number of rotatable bonds is 6. The van der Waals surface area contributed by atoms with Gasteiger partial charge in [0.1, 0.15) is 5.78 Å². The molecule has 0 amide bonds. The first-order valence-corrected chi connectivity index (χ1v) is 17.8. The molecule has 1 heterocycles. The van der Waals surface area contributed by atoms with Crippen LogP contribution in [0, 0.1) is 17.3 Å². The van der Waals surface area contributed by atoms with E-state index in [2.05, 4.69) is 38.5 Å². The number of carbonyl (C=O) groups excluding carboxylic acids is 1. The van der Waals surface area contributed by atoms with Crippen LogP contribution in [0.15, 0.2) is 0 Å². The third-order valence-electron chi connectivity index (χ3n) is 6.13. The van der Waals surface area contributed by atoms with Gasteiger partial charge in [-0.3, -0.25) is 9.59 Å². The highest BCUT2D eigenvalue weighted by Gasteiger charge is 2.24. The Balaban J connectivity index is 2.59. The van der Waals surface area contributed by atoms with E-state index < -0.39 is 5.97 Å². The molecule has 194 valence electrons. The SMILES string of the molecule is CC(C)CCCCC1CCCCCSSCCC(C(=O)O)CCCC(=O)CC(C)(C)CSS1. The molecule has 0 aromatic carbocycles. The van der Waals surface area contributed by atoms with Gasteiger partial charge in [0.15, 0.2) is 0 Å². The van der Waals surface area contributed by atoms with Crippen molar-refractivity contribution in [2.45, 2.75) is 116 Å². The Morgan fingerprint density at radius 1 is 1.00 bits per heavy atom. The average Bonchev–Trinajstić information content (AvgIpc) is 2.72. The van der Waals surface area contributed by atoms with Crippen molar-refractivity contribution in [1.29, 1.82) is 0 Å². The summed E-state index contributed by atoms with van der Waals surface area (Å²) in [6.45, 7) is 9.04. The Bertz CT molecular complexity index is 540. The second kappa shape index (κ2) is 18.8. The van der Waals surface area contributed by atoms with Gasteiger partial charge in [0.2, 0.25) is 0 Å². The zero-order valence-electron chi connectivity index (χ0n) is 21.4. The van der Waals surface area contributed by atoms with Crippen LogP contribution < -0.4 is 0 Å². The molecule has 1 saturated heterocycles. The lowest BCUT2D eigenvalue weighted by molar-refractivity contribution is -0.142. The van der Waals surface area contributed by atoms with Gasteiger partial charge in [-0.15, -0.1) is 0 Å². The first-order valence-electron chi connectivity index (χ1n) is 13.0. The second-order valence-corrected chi connectivity index (χ2v) is 16.1. The predicted octanol–water partition coefficient (Wildman–Crippen LogP) is 9.15. The molecule has 1 aliphatic heterocycles. The standard InChI is InChI=1S/C26H48O3S4/c1-21(2)11-7-8-15-24-14-6-5-9-17-30-31-18-16-22(25(28)29)12-10-13-23(27)19-26(3,4)20-32-33-24/h21-22,24H,5-20H2,1-4H3,(H,28,29). The summed E-state index contributed by atoms with van der Waals surface area (Å²) < 4.78 is 0. The number of unbranched alkanes of at least 4 members (excludes halogenated alkanes) is 1. The van der Waals surface area contributed by atoms with E-state index in [9.17, 15) is 14.7 Å². The fourth-order valence-corrected chi connectivity index (χ4v) is 9.89. The molecular weight excluding hydrogens is 489 g/mol. The molecule has 3 nitrogen and oxygen atoms in total. The van der Waals surface area contributed by atoms with Crippen LogP contribution in [0.1, 0.15) is 111 Å². The molecule has 0 aliphatic carbocycles. The second-order valence-electron chi connectivity index (χ2n) is 10.7. The summed E-state index contributed by atoms with van der Waals surface area (Å²) in [7, 11) is 7.75. The van der Waals surface area contributed by atoms with Crippen LogP contribution in [0.5, 0.6) is 0 Å². The average molecular weight is 537 g/mol. The lowest BCUT2D eigenvalue weighted by atomic mass is 9.87. The van der Waals surface area contributed by atoms with Crippen LogP contribution in [0.2, 0.25) is 0 Å². The van der Waals surface area contributed by atoms with Gasteiger partial charge in [-0.2, -0.15) is 0 Å². The van der Waals surface area contributed by atoms with Crippen molar-refractivity contribution < 1.29 is 14.7 Å². The Morgan fingerprint density at radius 2 is 1.76 bits per heavy atom. The molecule has 0 aromatic heterocycles. The molecule has 2 unspecified atom stereocenters. The van der Waals surface area contributed by atoms with Crippen LogP contribution >= 0.6 is 43.2 Å². The molecular formula is C26H48O3S4. The quantitative estimate of drug-likeness (QED) is 0.268. The summed E-state index contributed by atoms with van der Waals surface area (Å²) in [5.41, 5.74) is -0.00214. The molecule has 1 aliphatic rings. The van der Waals surface area contributed by atoms with E-state index in [1.165, 1.54) is 51.4 Å². The molecule has 1 fully saturated rings. The Morgan fingerprint density at radius 3 is 2.48 bits per heavy atom. The number of carboxylic acid groups (broad SMARTS) is 1. The molecule has 1 rings (SSSR count). The van der Waals surface area contributed by atoms with Crippen molar-refractivity contribution >= 4 is 54.9 Å². The van der Waals surface area contributed by atoms with Crippen molar-refractivity contribution in [1.82, 2.24) is 0 Å². The summed E-state index contributed by atoms with van der Waals surface area (Å²) in [4.78, 5) is 24.1. The molecule has 1 N–H and O–H groups in total. The Labute approximate surface area is 219 Å². The van der Waals surface area contributed by atoms with E-state index >= 15 is 0 Å². The third kappa shape index (κ3) is 17.6. The van der Waals surface area contributed by atoms with Gasteiger partial charge in [0, 0.05) is 35.4 Å². The number of carbonyl (C=O) groups is 2. The van der Waals surface area contributed by atoms with Crippen molar-refractivity contribution in [3.05, 3.63) is 0 Å². The van der Waals surface area contributed by atoms with Gasteiger partial charge < -0.3 is 5.11 Å². The van der Waals surface area contributed by atoms with Crippen molar-refractivity contribution in [2.24, 2.45) is 17.3 Å². The van der Waals surface area contributed by atoms with Crippen molar-refractivity contribution in [3.8, 4) is 0 Å². The fourth-order valence-electron chi connectivity index (χ4n) is 4.08. The molecule has 0 bridgehead atoms. The van der Waals surface area contributed by atoms with E-state index in [0.717, 1.165) is 28.4 Å². The molecule has 33 heavy (non-hydrogen) atoms. The van der Waals surface area contributed by atoms with Crippen molar-refractivity contribution in [2.75, 3.05) is 17.3 Å². The summed E-state index contributed by atoms with van der Waals surface area (Å²) in [5, 5.41) is 10.2. The van der Waals surface area contributed by atoms with Crippen LogP contribution in [-0.2, 0) is 9.59 Å². The minimum absolute atomic E-state index is 0.00214. The van der Waals surface area contributed by atoms with Crippen molar-refractivity contribution in [3.63, 3.8) is 0 Å². The molecule has 0 saturated carbocycles. The minimum Gasteiger partial charge on any atom is -0.481 e. The number of Topliss-reactive ketones (excluding diaryl/α,β-unsaturated/α-hetero) is 1. The molecule has 0 aromatic rings. The lowest BCUT2D eigenvalue weighted by Gasteiger charge is -2.25. The zero-order chi connectivity index (χ0) is 24.5. The zero-order valence-corrected chi connectivity index (χ0v) is 24.7. The first kappa shape index (κ1) is 31.6. The lowest BCUT2D eigenvalue weighted by Crippen LogP contribution is -2.20. The van der Waals surface area contributed by atoms with Crippen LogP contribution in [0.3, 0.4) is 0 Å². The number of ketones is 1. The number of carboxylic acids is 1. The summed E-state index contributed by atoms with van der Waals surface area (Å²) >= 11 is 0. The highest BCUT2D eigenvalue weighted by atomic mass is 33.1. The summed E-state index contributed by atoms with van der Waals surface area (Å²) in [6, 6.07) is 0. The van der Waals surface area contributed by atoms with E-state index in [1.54, 1.807) is 0 Å². The topological polar surface area (TPSA) is 54.4 Å². The monoisotopic (exact) mass is 536 g/mol. The van der Waals surface area contributed by atoms with Gasteiger partial charge in [0.25, 0.3) is 0 Å². The van der Waals surface area contributed by atoms with E-state index in [1.807, 2.05) is 32.4 Å². The van der Waals surface area contributed by atoms with Crippen LogP contribution in [0.25, 0.3) is 0 Å². The smallest absolute Gasteiger partial charge is 0.306 e. The van der Waals surface area contributed by atoms with Gasteiger partial charge in [-0.05, 0) is 49.9 Å². The maximum absolute atomic E-state index is 12.6. The van der Waals surface area contributed by atoms with Crippen LogP contribution in [0.4, 0.5) is 0 Å². The minimum atomic E-state index is -0.706. The highest BCUT2D eigenvalue weighted by Crippen LogP contribution is 2.39. The summed E-state index contributed by atoms with van der Waals surface area (Å²) in [5.74, 6) is 3.11. The fraction of sp³-hybridized carbons (Fsp3) is 0.923. The molecule has 7 heteroatoms. The normalized spacial score (nSPS) is 25.5. The third-order valence-corrected chi connectivity index (χ3v) is 12.0. The Kier molecular flexibility index (Phi) is 17.9. The van der Waals surface area contributed by atoms with Gasteiger partial charge in [-0.25, -0.2) is 0 Å². The molecule has 0 radical (unpaired) electrons. The molecule has 0 spiro atoms.